The summed E-state index contributed by atoms with van der Waals surface area (Å²) in [5.74, 6) is 1.17. The Hall–Kier alpha value is -3.65. The van der Waals surface area contributed by atoms with Crippen molar-refractivity contribution in [2.24, 2.45) is 0 Å². The molecule has 0 amide bonds. The Morgan fingerprint density at radius 1 is 1.03 bits per heavy atom. The third kappa shape index (κ3) is 5.18. The van der Waals surface area contributed by atoms with Crippen molar-refractivity contribution >= 4 is 11.1 Å². The Kier molecular flexibility index (Phi) is 7.01. The quantitative estimate of drug-likeness (QED) is 0.365. The molecule has 3 unspecified atom stereocenters. The second-order valence-corrected chi connectivity index (χ2v) is 9.93. The van der Waals surface area contributed by atoms with Gasteiger partial charge < -0.3 is 19.7 Å². The Balaban J connectivity index is 1.42. The summed E-state index contributed by atoms with van der Waals surface area (Å²) >= 11 is 0. The molecule has 3 aromatic rings. The van der Waals surface area contributed by atoms with Crippen LogP contribution in [0.15, 0.2) is 66.7 Å². The number of likely N-dealkylation sites (tertiary alicyclic amines) is 1. The highest BCUT2D eigenvalue weighted by Gasteiger charge is 2.46. The SMILES string of the molecule is CC1=C(c2cccc(O)c2)C(c2ccc(OCC(N3CCCC3C)C(F)(F)F)cc2)Oc2ccc(O)cc21. The summed E-state index contributed by atoms with van der Waals surface area (Å²) in [7, 11) is 0. The molecule has 3 aromatic carbocycles. The third-order valence-corrected chi connectivity index (χ3v) is 7.41. The molecule has 0 radical (unpaired) electrons. The van der Waals surface area contributed by atoms with Crippen molar-refractivity contribution in [2.75, 3.05) is 13.2 Å². The standard InChI is InChI=1S/C30H30F3NO4/c1-18-5-4-14-34(18)27(30(31,32)33)17-37-24-11-8-20(9-12-24)29-28(21-6-3-7-22(35)15-21)19(2)25-16-23(36)10-13-26(25)38-29/h3,6-13,15-16,18,27,29,35-36H,4-5,14,17H2,1-2H3. The van der Waals surface area contributed by atoms with Gasteiger partial charge in [0.25, 0.3) is 0 Å². The van der Waals surface area contributed by atoms with Gasteiger partial charge in [-0.1, -0.05) is 24.3 Å². The zero-order chi connectivity index (χ0) is 27.0. The zero-order valence-corrected chi connectivity index (χ0v) is 21.2. The van der Waals surface area contributed by atoms with E-state index in [2.05, 4.69) is 0 Å². The maximum atomic E-state index is 13.8. The van der Waals surface area contributed by atoms with Crippen LogP contribution in [-0.2, 0) is 0 Å². The lowest BCUT2D eigenvalue weighted by atomic mass is 9.86. The number of allylic oxidation sites excluding steroid dienone is 1. The summed E-state index contributed by atoms with van der Waals surface area (Å²) in [5, 5.41) is 20.2. The maximum Gasteiger partial charge on any atom is 0.407 e. The second-order valence-electron chi connectivity index (χ2n) is 9.93. The summed E-state index contributed by atoms with van der Waals surface area (Å²) < 4.78 is 53.4. The fourth-order valence-electron chi connectivity index (χ4n) is 5.43. The van der Waals surface area contributed by atoms with Gasteiger partial charge in [0.2, 0.25) is 0 Å². The van der Waals surface area contributed by atoms with E-state index in [-0.39, 0.29) is 17.5 Å². The van der Waals surface area contributed by atoms with Crippen molar-refractivity contribution in [3.05, 3.63) is 83.4 Å². The number of halogens is 3. The normalized spacial score (nSPS) is 20.7. The first kappa shape index (κ1) is 26.0. The summed E-state index contributed by atoms with van der Waals surface area (Å²) in [6.45, 7) is 3.69. The van der Waals surface area contributed by atoms with Gasteiger partial charge in [-0.15, -0.1) is 0 Å². The molecule has 38 heavy (non-hydrogen) atoms. The van der Waals surface area contributed by atoms with Gasteiger partial charge in [0.1, 0.15) is 41.8 Å². The van der Waals surface area contributed by atoms with E-state index in [1.54, 1.807) is 60.7 Å². The molecule has 0 saturated carbocycles. The van der Waals surface area contributed by atoms with Crippen LogP contribution in [0.25, 0.3) is 11.1 Å². The van der Waals surface area contributed by atoms with Crippen molar-refractivity contribution in [3.63, 3.8) is 0 Å². The van der Waals surface area contributed by atoms with Gasteiger partial charge in [-0.3, -0.25) is 4.90 Å². The van der Waals surface area contributed by atoms with Gasteiger partial charge in [0.05, 0.1) is 0 Å². The topological polar surface area (TPSA) is 62.2 Å². The highest BCUT2D eigenvalue weighted by atomic mass is 19.4. The Bertz CT molecular complexity index is 1340. The molecule has 8 heteroatoms. The number of phenolic OH excluding ortho intramolecular Hbond substituents is 2. The fourth-order valence-corrected chi connectivity index (χ4v) is 5.43. The van der Waals surface area contributed by atoms with Gasteiger partial charge in [-0.05, 0) is 92.4 Å². The highest BCUT2D eigenvalue weighted by molar-refractivity contribution is 5.95. The van der Waals surface area contributed by atoms with Crippen LogP contribution >= 0.6 is 0 Å². The molecule has 0 aromatic heterocycles. The number of fused-ring (bicyclic) bond motifs is 1. The lowest BCUT2D eigenvalue weighted by molar-refractivity contribution is -0.192. The van der Waals surface area contributed by atoms with Gasteiger partial charge in [0.15, 0.2) is 0 Å². The number of alkyl halides is 3. The fraction of sp³-hybridized carbons (Fsp3) is 0.333. The first-order chi connectivity index (χ1) is 18.1. The lowest BCUT2D eigenvalue weighted by Crippen LogP contribution is -2.50. The molecule has 2 aliphatic heterocycles. The number of nitrogens with zero attached hydrogens (tertiary/aromatic N) is 1. The van der Waals surface area contributed by atoms with Crippen molar-refractivity contribution < 1.29 is 32.9 Å². The first-order valence-corrected chi connectivity index (χ1v) is 12.7. The maximum absolute atomic E-state index is 13.8. The zero-order valence-electron chi connectivity index (χ0n) is 21.2. The van der Waals surface area contributed by atoms with E-state index in [1.807, 2.05) is 19.9 Å². The van der Waals surface area contributed by atoms with E-state index in [0.717, 1.165) is 40.7 Å². The Labute approximate surface area is 219 Å². The molecule has 2 N–H and O–H groups in total. The van der Waals surface area contributed by atoms with Crippen LogP contribution < -0.4 is 9.47 Å². The molecule has 0 aliphatic carbocycles. The van der Waals surface area contributed by atoms with Crippen LogP contribution in [0.4, 0.5) is 13.2 Å². The molecular weight excluding hydrogens is 495 g/mol. The molecule has 0 spiro atoms. The molecule has 3 atom stereocenters. The summed E-state index contributed by atoms with van der Waals surface area (Å²) in [6, 6.07) is 16.8. The van der Waals surface area contributed by atoms with Crippen LogP contribution in [-0.4, -0.2) is 46.5 Å². The average Bonchev–Trinajstić information content (AvgIpc) is 3.29. The van der Waals surface area contributed by atoms with Crippen LogP contribution in [0.3, 0.4) is 0 Å². The number of phenols is 2. The number of rotatable bonds is 6. The molecule has 2 heterocycles. The molecule has 5 rings (SSSR count). The number of aromatic hydroxyl groups is 2. The van der Waals surface area contributed by atoms with Gasteiger partial charge >= 0.3 is 6.18 Å². The van der Waals surface area contributed by atoms with Crippen molar-refractivity contribution in [1.29, 1.82) is 0 Å². The molecule has 5 nitrogen and oxygen atoms in total. The van der Waals surface area contributed by atoms with Crippen LogP contribution in [0, 0.1) is 0 Å². The minimum absolute atomic E-state index is 0.110. The molecule has 1 fully saturated rings. The van der Waals surface area contributed by atoms with E-state index in [0.29, 0.717) is 18.0 Å². The molecule has 2 aliphatic rings. The Morgan fingerprint density at radius 3 is 2.42 bits per heavy atom. The molecule has 200 valence electrons. The monoisotopic (exact) mass is 525 g/mol. The van der Waals surface area contributed by atoms with Crippen molar-refractivity contribution in [3.8, 4) is 23.0 Å². The minimum atomic E-state index is -4.38. The summed E-state index contributed by atoms with van der Waals surface area (Å²) in [6.07, 6.45) is -3.42. The third-order valence-electron chi connectivity index (χ3n) is 7.41. The minimum Gasteiger partial charge on any atom is -0.508 e. The highest BCUT2D eigenvalue weighted by Crippen LogP contribution is 2.47. The average molecular weight is 526 g/mol. The lowest BCUT2D eigenvalue weighted by Gasteiger charge is -2.33. The molecule has 0 bridgehead atoms. The van der Waals surface area contributed by atoms with Gasteiger partial charge in [-0.25, -0.2) is 0 Å². The number of benzene rings is 3. The first-order valence-electron chi connectivity index (χ1n) is 12.7. The molecule has 1 saturated heterocycles. The van der Waals surface area contributed by atoms with E-state index in [1.165, 1.54) is 4.90 Å². The molecular formula is C30H30F3NO4. The Morgan fingerprint density at radius 2 is 1.76 bits per heavy atom. The second kappa shape index (κ2) is 10.3. The van der Waals surface area contributed by atoms with E-state index >= 15 is 0 Å². The summed E-state index contributed by atoms with van der Waals surface area (Å²) in [4.78, 5) is 1.48. The van der Waals surface area contributed by atoms with E-state index < -0.39 is 24.9 Å². The number of hydrogen-bond donors (Lipinski definition) is 2. The predicted molar refractivity (Wildman–Crippen MR) is 139 cm³/mol. The smallest absolute Gasteiger partial charge is 0.407 e. The van der Waals surface area contributed by atoms with E-state index in [4.69, 9.17) is 9.47 Å². The van der Waals surface area contributed by atoms with E-state index in [9.17, 15) is 23.4 Å². The predicted octanol–water partition coefficient (Wildman–Crippen LogP) is 6.96. The van der Waals surface area contributed by atoms with Crippen molar-refractivity contribution in [2.45, 2.75) is 51.1 Å². The number of ether oxygens (including phenoxy) is 2. The van der Waals surface area contributed by atoms with Gasteiger partial charge in [0, 0.05) is 17.2 Å². The van der Waals surface area contributed by atoms with Crippen LogP contribution in [0.1, 0.15) is 49.5 Å². The largest absolute Gasteiger partial charge is 0.508 e. The number of hydrogen-bond acceptors (Lipinski definition) is 5. The van der Waals surface area contributed by atoms with Gasteiger partial charge in [-0.2, -0.15) is 13.2 Å². The van der Waals surface area contributed by atoms with Crippen LogP contribution in [0.5, 0.6) is 23.0 Å². The van der Waals surface area contributed by atoms with Crippen molar-refractivity contribution in [1.82, 2.24) is 4.90 Å². The summed E-state index contributed by atoms with van der Waals surface area (Å²) in [5.41, 5.74) is 3.97. The van der Waals surface area contributed by atoms with Crippen LogP contribution in [0.2, 0.25) is 0 Å².